The normalized spacial score (nSPS) is 14.1. The van der Waals surface area contributed by atoms with E-state index in [2.05, 4.69) is 11.6 Å². The lowest BCUT2D eigenvalue weighted by Gasteiger charge is -2.00. The number of carboxylic acids is 1. The van der Waals surface area contributed by atoms with Gasteiger partial charge in [0.05, 0.1) is 0 Å². The van der Waals surface area contributed by atoms with Crippen molar-refractivity contribution in [3.8, 4) is 0 Å². The Morgan fingerprint density at radius 3 is 2.73 bits per heavy atom. The number of aliphatic carboxylic acids is 1. The number of amidine groups is 1. The second kappa shape index (κ2) is 7.75. The summed E-state index contributed by atoms with van der Waals surface area (Å²) in [5, 5.41) is 8.48. The first kappa shape index (κ1) is 13.4. The van der Waals surface area contributed by atoms with Crippen LogP contribution in [-0.4, -0.2) is 29.5 Å². The number of carbonyl (C=O) groups is 1. The number of carboxylic acid groups (broad SMARTS) is 1. The van der Waals surface area contributed by atoms with Gasteiger partial charge in [-0.25, -0.2) is 0 Å². The molecule has 0 rings (SSSR count). The van der Waals surface area contributed by atoms with Crippen LogP contribution in [0.5, 0.6) is 0 Å². The summed E-state index contributed by atoms with van der Waals surface area (Å²) in [6.07, 6.45) is 6.09. The van der Waals surface area contributed by atoms with E-state index in [1.54, 1.807) is 6.08 Å². The molecule has 0 radical (unpaired) electrons. The van der Waals surface area contributed by atoms with Crippen molar-refractivity contribution in [2.24, 2.45) is 16.5 Å². The summed E-state index contributed by atoms with van der Waals surface area (Å²) >= 11 is 0. The Hall–Kier alpha value is -1.62. The third-order valence-electron chi connectivity index (χ3n) is 1.67. The molecular formula is C10H17N3O2. The molecule has 0 aliphatic rings. The van der Waals surface area contributed by atoms with Crippen LogP contribution in [0.15, 0.2) is 29.8 Å². The Bertz CT molecular complexity index is 272. The van der Waals surface area contributed by atoms with E-state index in [0.29, 0.717) is 25.2 Å². The van der Waals surface area contributed by atoms with Crippen LogP contribution in [0, 0.1) is 0 Å². The summed E-state index contributed by atoms with van der Waals surface area (Å²) in [6.45, 7) is 4.03. The number of aliphatic imine (C=N–C) groups is 1. The molecule has 5 heteroatoms. The summed E-state index contributed by atoms with van der Waals surface area (Å²) in [7, 11) is 0. The fraction of sp³-hybridized carbons (Fsp3) is 0.400. The van der Waals surface area contributed by atoms with Crippen LogP contribution < -0.4 is 11.5 Å². The molecule has 5 nitrogen and oxygen atoms in total. The lowest BCUT2D eigenvalue weighted by Crippen LogP contribution is -2.29. The molecule has 1 atom stereocenters. The first-order valence-corrected chi connectivity index (χ1v) is 4.63. The molecule has 0 saturated heterocycles. The SMILES string of the molecule is C=CC(N)=NCC/C=C\C[C@@H](N)C(=O)O. The molecule has 0 bridgehead atoms. The van der Waals surface area contributed by atoms with Crippen molar-refractivity contribution in [2.45, 2.75) is 18.9 Å². The van der Waals surface area contributed by atoms with Crippen LogP contribution in [0.25, 0.3) is 0 Å². The van der Waals surface area contributed by atoms with Crippen LogP contribution in [0.4, 0.5) is 0 Å². The highest BCUT2D eigenvalue weighted by molar-refractivity contribution is 5.90. The lowest BCUT2D eigenvalue weighted by atomic mass is 10.2. The Morgan fingerprint density at radius 1 is 1.53 bits per heavy atom. The minimum atomic E-state index is -0.992. The largest absolute Gasteiger partial charge is 0.480 e. The molecule has 15 heavy (non-hydrogen) atoms. The molecule has 0 unspecified atom stereocenters. The maximum Gasteiger partial charge on any atom is 0.320 e. The predicted molar refractivity (Wildman–Crippen MR) is 60.7 cm³/mol. The highest BCUT2D eigenvalue weighted by Crippen LogP contribution is 1.93. The van der Waals surface area contributed by atoms with Crippen LogP contribution in [0.3, 0.4) is 0 Å². The molecule has 0 aromatic heterocycles. The monoisotopic (exact) mass is 211 g/mol. The number of hydrogen-bond donors (Lipinski definition) is 3. The van der Waals surface area contributed by atoms with Crippen molar-refractivity contribution >= 4 is 11.8 Å². The standard InChI is InChI=1S/C10H17N3O2/c1-2-9(12)13-7-5-3-4-6-8(11)10(14)15/h2-4,8H,1,5-7,11H2,(H2,12,13)(H,14,15)/b4-3-/t8-/m1/s1. The number of nitrogens with two attached hydrogens (primary N) is 2. The second-order valence-electron chi connectivity index (χ2n) is 2.95. The van der Waals surface area contributed by atoms with Crippen molar-refractivity contribution in [3.05, 3.63) is 24.8 Å². The molecule has 0 spiro atoms. The molecule has 0 aliphatic heterocycles. The molecule has 0 aromatic rings. The van der Waals surface area contributed by atoms with Crippen molar-refractivity contribution < 1.29 is 9.90 Å². The average Bonchev–Trinajstić information content (AvgIpc) is 2.22. The number of nitrogens with zero attached hydrogens (tertiary/aromatic N) is 1. The topological polar surface area (TPSA) is 102 Å². The molecule has 0 aliphatic carbocycles. The van der Waals surface area contributed by atoms with Crippen LogP contribution in [0.1, 0.15) is 12.8 Å². The van der Waals surface area contributed by atoms with Gasteiger partial charge in [-0.05, 0) is 18.9 Å². The zero-order chi connectivity index (χ0) is 11.7. The highest BCUT2D eigenvalue weighted by atomic mass is 16.4. The van der Waals surface area contributed by atoms with E-state index in [-0.39, 0.29) is 0 Å². The van der Waals surface area contributed by atoms with Crippen molar-refractivity contribution in [2.75, 3.05) is 6.54 Å². The van der Waals surface area contributed by atoms with E-state index < -0.39 is 12.0 Å². The average molecular weight is 211 g/mol. The van der Waals surface area contributed by atoms with Gasteiger partial charge >= 0.3 is 5.97 Å². The van der Waals surface area contributed by atoms with E-state index in [0.717, 1.165) is 0 Å². The zero-order valence-electron chi connectivity index (χ0n) is 8.60. The van der Waals surface area contributed by atoms with Gasteiger partial charge in [0.1, 0.15) is 11.9 Å². The maximum atomic E-state index is 10.3. The lowest BCUT2D eigenvalue weighted by molar-refractivity contribution is -0.138. The van der Waals surface area contributed by atoms with Gasteiger partial charge in [-0.15, -0.1) is 0 Å². The summed E-state index contributed by atoms with van der Waals surface area (Å²) < 4.78 is 0. The van der Waals surface area contributed by atoms with Crippen molar-refractivity contribution in [1.82, 2.24) is 0 Å². The molecule has 0 heterocycles. The number of rotatable bonds is 7. The van der Waals surface area contributed by atoms with Gasteiger partial charge in [0.2, 0.25) is 0 Å². The first-order chi connectivity index (χ1) is 7.07. The summed E-state index contributed by atoms with van der Waals surface area (Å²) in [4.78, 5) is 14.3. The van der Waals surface area contributed by atoms with E-state index in [4.69, 9.17) is 16.6 Å². The van der Waals surface area contributed by atoms with Crippen LogP contribution in [-0.2, 0) is 4.79 Å². The van der Waals surface area contributed by atoms with Gasteiger partial charge in [0, 0.05) is 6.54 Å². The molecule has 0 fully saturated rings. The highest BCUT2D eigenvalue weighted by Gasteiger charge is 2.07. The quantitative estimate of drug-likeness (QED) is 0.243. The third-order valence-corrected chi connectivity index (χ3v) is 1.67. The van der Waals surface area contributed by atoms with E-state index in [1.807, 2.05) is 6.08 Å². The van der Waals surface area contributed by atoms with Crippen molar-refractivity contribution in [3.63, 3.8) is 0 Å². The fourth-order valence-corrected chi connectivity index (χ4v) is 0.794. The molecular weight excluding hydrogens is 194 g/mol. The van der Waals surface area contributed by atoms with E-state index >= 15 is 0 Å². The fourth-order valence-electron chi connectivity index (χ4n) is 0.794. The third kappa shape index (κ3) is 7.45. The molecule has 5 N–H and O–H groups in total. The molecule has 0 aromatic carbocycles. The van der Waals surface area contributed by atoms with Crippen molar-refractivity contribution in [1.29, 1.82) is 0 Å². The Morgan fingerprint density at radius 2 is 2.20 bits per heavy atom. The summed E-state index contributed by atoms with van der Waals surface area (Å²) in [5.74, 6) is -0.584. The van der Waals surface area contributed by atoms with E-state index in [1.165, 1.54) is 6.08 Å². The Balaban J connectivity index is 3.64. The second-order valence-corrected chi connectivity index (χ2v) is 2.95. The maximum absolute atomic E-state index is 10.3. The Kier molecular flexibility index (Phi) is 6.92. The van der Waals surface area contributed by atoms with E-state index in [9.17, 15) is 4.79 Å². The minimum Gasteiger partial charge on any atom is -0.480 e. The molecule has 84 valence electrons. The summed E-state index contributed by atoms with van der Waals surface area (Å²) in [5.41, 5.74) is 10.7. The number of hydrogen-bond acceptors (Lipinski definition) is 3. The minimum absolute atomic E-state index is 0.329. The van der Waals surface area contributed by atoms with Gasteiger partial charge in [-0.3, -0.25) is 9.79 Å². The zero-order valence-corrected chi connectivity index (χ0v) is 8.60. The molecule has 0 amide bonds. The molecule has 0 saturated carbocycles. The van der Waals surface area contributed by atoms with Gasteiger partial charge in [-0.2, -0.15) is 0 Å². The van der Waals surface area contributed by atoms with Gasteiger partial charge in [0.15, 0.2) is 0 Å². The van der Waals surface area contributed by atoms with Gasteiger partial charge in [0.25, 0.3) is 0 Å². The smallest absolute Gasteiger partial charge is 0.320 e. The first-order valence-electron chi connectivity index (χ1n) is 4.63. The van der Waals surface area contributed by atoms with Crippen LogP contribution >= 0.6 is 0 Å². The van der Waals surface area contributed by atoms with Crippen LogP contribution in [0.2, 0.25) is 0 Å². The Labute approximate surface area is 89.2 Å². The summed E-state index contributed by atoms with van der Waals surface area (Å²) in [6, 6.07) is -0.831. The predicted octanol–water partition coefficient (Wildman–Crippen LogP) is 0.278. The van der Waals surface area contributed by atoms with Gasteiger partial charge < -0.3 is 16.6 Å². The van der Waals surface area contributed by atoms with Gasteiger partial charge in [-0.1, -0.05) is 18.7 Å².